The highest BCUT2D eigenvalue weighted by atomic mass is 28.2. The zero-order chi connectivity index (χ0) is 10.0. The molecule has 0 heterocycles. The second-order valence-corrected chi connectivity index (χ2v) is 3.76. The lowest BCUT2D eigenvalue weighted by atomic mass is 9.99. The summed E-state index contributed by atoms with van der Waals surface area (Å²) in [6.45, 7) is 6.10. The first-order valence-corrected chi connectivity index (χ1v) is 5.36. The first-order chi connectivity index (χ1) is 6.07. The summed E-state index contributed by atoms with van der Waals surface area (Å²) >= 11 is 0. The maximum atomic E-state index is 11.4. The lowest BCUT2D eigenvalue weighted by Gasteiger charge is -2.09. The van der Waals surface area contributed by atoms with Crippen molar-refractivity contribution < 1.29 is 4.79 Å². The van der Waals surface area contributed by atoms with Gasteiger partial charge < -0.3 is 4.98 Å². The number of hydrogen-bond donors (Lipinski definition) is 1. The van der Waals surface area contributed by atoms with Crippen molar-refractivity contribution in [1.82, 2.24) is 4.98 Å². The molecule has 1 aromatic rings. The Morgan fingerprint density at radius 3 is 2.38 bits per heavy atom. The van der Waals surface area contributed by atoms with Crippen LogP contribution in [0.3, 0.4) is 0 Å². The monoisotopic (exact) mass is 193 g/mol. The molecule has 0 aliphatic heterocycles. The highest BCUT2D eigenvalue weighted by molar-refractivity contribution is 6.18. The second kappa shape index (κ2) is 3.74. The van der Waals surface area contributed by atoms with E-state index in [2.05, 4.69) is 18.8 Å². The van der Waals surface area contributed by atoms with Gasteiger partial charge in [-0.15, -0.1) is 0 Å². The minimum atomic E-state index is 0.0484. The molecule has 1 aromatic carbocycles. The van der Waals surface area contributed by atoms with Gasteiger partial charge in [0.15, 0.2) is 0 Å². The summed E-state index contributed by atoms with van der Waals surface area (Å²) in [5, 5.41) is 0. The van der Waals surface area contributed by atoms with Crippen LogP contribution in [-0.2, 0) is 0 Å². The fourth-order valence-corrected chi connectivity index (χ4v) is 1.61. The molecule has 1 rings (SSSR count). The Kier molecular flexibility index (Phi) is 2.88. The van der Waals surface area contributed by atoms with Crippen LogP contribution in [0.5, 0.6) is 0 Å². The number of carbonyl (C=O) groups excluding carboxylic acids is 1. The fourth-order valence-electron chi connectivity index (χ4n) is 1.34. The van der Waals surface area contributed by atoms with E-state index < -0.39 is 0 Å². The van der Waals surface area contributed by atoms with Crippen molar-refractivity contribution in [3.05, 3.63) is 34.4 Å². The smallest absolute Gasteiger partial charge is 0.243 e. The molecule has 0 bridgehead atoms. The van der Waals surface area contributed by atoms with Gasteiger partial charge in [-0.2, -0.15) is 0 Å². The predicted molar refractivity (Wildman–Crippen MR) is 58.1 cm³/mol. The zero-order valence-electron chi connectivity index (χ0n) is 8.56. The molecule has 0 saturated heterocycles. The molecule has 0 aliphatic carbocycles. The average Bonchev–Trinajstić information content (AvgIpc) is 2.13. The van der Waals surface area contributed by atoms with Crippen LogP contribution in [0.2, 0.25) is 0 Å². The van der Waals surface area contributed by atoms with Gasteiger partial charge in [-0.1, -0.05) is 6.07 Å². The summed E-state index contributed by atoms with van der Waals surface area (Å²) < 4.78 is 0. The predicted octanol–water partition coefficient (Wildman–Crippen LogP) is 0.622. The summed E-state index contributed by atoms with van der Waals surface area (Å²) in [7, 11) is 0.702. The summed E-state index contributed by atoms with van der Waals surface area (Å²) in [6, 6.07) is 3.89. The molecule has 0 aromatic heterocycles. The molecule has 3 heteroatoms. The van der Waals surface area contributed by atoms with Gasteiger partial charge in [-0.25, -0.2) is 0 Å². The lowest BCUT2D eigenvalue weighted by Crippen LogP contribution is -2.21. The lowest BCUT2D eigenvalue weighted by molar-refractivity contribution is 0.0981. The van der Waals surface area contributed by atoms with E-state index in [4.69, 9.17) is 0 Å². The van der Waals surface area contributed by atoms with Crippen LogP contribution in [0.25, 0.3) is 0 Å². The summed E-state index contributed by atoms with van der Waals surface area (Å²) in [5.41, 5.74) is 4.34. The third-order valence-electron chi connectivity index (χ3n) is 2.53. The van der Waals surface area contributed by atoms with Crippen LogP contribution in [0.4, 0.5) is 0 Å². The van der Waals surface area contributed by atoms with E-state index >= 15 is 0 Å². The first kappa shape index (κ1) is 9.99. The minimum absolute atomic E-state index is 0.0484. The molecule has 0 aliphatic rings. The number of carbonyl (C=O) groups is 1. The van der Waals surface area contributed by atoms with Gasteiger partial charge in [0.05, 0.1) is 0 Å². The van der Waals surface area contributed by atoms with Gasteiger partial charge in [0.25, 0.3) is 0 Å². The van der Waals surface area contributed by atoms with Gasteiger partial charge >= 0.3 is 0 Å². The molecule has 0 fully saturated rings. The summed E-state index contributed by atoms with van der Waals surface area (Å²) in [4.78, 5) is 14.2. The van der Waals surface area contributed by atoms with E-state index in [9.17, 15) is 4.79 Å². The van der Waals surface area contributed by atoms with Gasteiger partial charge in [-0.3, -0.25) is 4.79 Å². The molecule has 0 spiro atoms. The molecule has 0 atom stereocenters. The van der Waals surface area contributed by atoms with Crippen molar-refractivity contribution in [3.8, 4) is 0 Å². The number of amides is 1. The van der Waals surface area contributed by atoms with E-state index in [1.165, 1.54) is 11.1 Å². The summed E-state index contributed by atoms with van der Waals surface area (Å²) in [6.07, 6.45) is 0. The molecule has 1 N–H and O–H groups in total. The van der Waals surface area contributed by atoms with Gasteiger partial charge in [0.2, 0.25) is 5.91 Å². The van der Waals surface area contributed by atoms with Crippen molar-refractivity contribution >= 4 is 16.3 Å². The van der Waals surface area contributed by atoms with Crippen molar-refractivity contribution in [2.24, 2.45) is 0 Å². The quantitative estimate of drug-likeness (QED) is 0.651. The number of rotatable bonds is 1. The standard InChI is InChI=1S/C10H15NOSi/c1-6-4-5-9(10(12)11-13)8(3)7(6)2/h4-5H,1-3,13H3,(H,11,12). The van der Waals surface area contributed by atoms with Crippen LogP contribution in [0.15, 0.2) is 12.1 Å². The normalized spacial score (nSPS) is 10.1. The molecule has 1 amide bonds. The Bertz CT molecular complexity index is 347. The third-order valence-corrected chi connectivity index (χ3v) is 2.98. The number of aryl methyl sites for hydroxylation is 1. The van der Waals surface area contributed by atoms with Crippen LogP contribution >= 0.6 is 0 Å². The van der Waals surface area contributed by atoms with E-state index in [-0.39, 0.29) is 5.91 Å². The SMILES string of the molecule is Cc1ccc(C(=O)N[SiH3])c(C)c1C. The van der Waals surface area contributed by atoms with Gasteiger partial charge in [-0.05, 0) is 43.5 Å². The first-order valence-electron chi connectivity index (χ1n) is 4.36. The van der Waals surface area contributed by atoms with E-state index in [1.807, 2.05) is 19.1 Å². The van der Waals surface area contributed by atoms with E-state index in [0.717, 1.165) is 11.1 Å². The third kappa shape index (κ3) is 1.80. The molecule has 13 heavy (non-hydrogen) atoms. The molecule has 2 nitrogen and oxygen atoms in total. The van der Waals surface area contributed by atoms with Crippen molar-refractivity contribution in [2.75, 3.05) is 0 Å². The van der Waals surface area contributed by atoms with Crippen LogP contribution < -0.4 is 4.98 Å². The van der Waals surface area contributed by atoms with Gasteiger partial charge in [0, 0.05) is 5.56 Å². The average molecular weight is 193 g/mol. The topological polar surface area (TPSA) is 29.1 Å². The maximum Gasteiger partial charge on any atom is 0.243 e. The molecule has 0 saturated carbocycles. The van der Waals surface area contributed by atoms with Crippen LogP contribution in [0, 0.1) is 20.8 Å². The fraction of sp³-hybridized carbons (Fsp3) is 0.300. The molecular formula is C10H15NOSi. The molecule has 70 valence electrons. The Labute approximate surface area is 81.9 Å². The Morgan fingerprint density at radius 2 is 1.85 bits per heavy atom. The second-order valence-electron chi connectivity index (χ2n) is 3.26. The Hall–Kier alpha value is -1.09. The number of benzene rings is 1. The Morgan fingerprint density at radius 1 is 1.23 bits per heavy atom. The van der Waals surface area contributed by atoms with E-state index in [1.54, 1.807) is 0 Å². The number of nitrogens with one attached hydrogen (secondary N) is 1. The maximum absolute atomic E-state index is 11.4. The largest absolute Gasteiger partial charge is 0.387 e. The van der Waals surface area contributed by atoms with Crippen molar-refractivity contribution in [2.45, 2.75) is 20.8 Å². The minimum Gasteiger partial charge on any atom is -0.387 e. The van der Waals surface area contributed by atoms with Crippen molar-refractivity contribution in [3.63, 3.8) is 0 Å². The highest BCUT2D eigenvalue weighted by Crippen LogP contribution is 2.16. The molecular weight excluding hydrogens is 178 g/mol. The molecule has 0 unspecified atom stereocenters. The van der Waals surface area contributed by atoms with Crippen LogP contribution in [-0.4, -0.2) is 16.3 Å². The van der Waals surface area contributed by atoms with Gasteiger partial charge in [0.1, 0.15) is 10.4 Å². The summed E-state index contributed by atoms with van der Waals surface area (Å²) in [5.74, 6) is 0.0484. The number of hydrogen-bond acceptors (Lipinski definition) is 1. The van der Waals surface area contributed by atoms with E-state index in [0.29, 0.717) is 10.4 Å². The zero-order valence-corrected chi connectivity index (χ0v) is 10.6. The van der Waals surface area contributed by atoms with Crippen LogP contribution in [0.1, 0.15) is 27.0 Å². The van der Waals surface area contributed by atoms with Crippen molar-refractivity contribution in [1.29, 1.82) is 0 Å². The highest BCUT2D eigenvalue weighted by Gasteiger charge is 2.08. The Balaban J connectivity index is 3.26. The molecule has 0 radical (unpaired) electrons.